The third kappa shape index (κ3) is 6.47. The number of hydrogen-bond acceptors (Lipinski definition) is 4. The van der Waals surface area contributed by atoms with Crippen molar-refractivity contribution >= 4 is 11.8 Å². The summed E-state index contributed by atoms with van der Waals surface area (Å²) in [5.41, 5.74) is 4.92. The van der Waals surface area contributed by atoms with Crippen LogP contribution >= 0.6 is 11.8 Å². The van der Waals surface area contributed by atoms with Crippen LogP contribution in [0.15, 0.2) is 0 Å². The van der Waals surface area contributed by atoms with Gasteiger partial charge in [-0.1, -0.05) is 0 Å². The quantitative estimate of drug-likeness (QED) is 0.603. The van der Waals surface area contributed by atoms with Crippen molar-refractivity contribution in [1.29, 1.82) is 5.26 Å². The highest BCUT2D eigenvalue weighted by molar-refractivity contribution is 7.99. The maximum absolute atomic E-state index is 8.57. The number of nitrogens with zero attached hydrogens (tertiary/aromatic N) is 1. The minimum atomic E-state index is -0.688. The summed E-state index contributed by atoms with van der Waals surface area (Å²) in [4.78, 5) is 0. The van der Waals surface area contributed by atoms with Crippen molar-refractivity contribution in [1.82, 2.24) is 0 Å². The van der Waals surface area contributed by atoms with E-state index in [0.29, 0.717) is 6.42 Å². The maximum atomic E-state index is 8.57. The zero-order chi connectivity index (χ0) is 9.45. The predicted molar refractivity (Wildman–Crippen MR) is 51.9 cm³/mol. The van der Waals surface area contributed by atoms with Crippen LogP contribution in [-0.2, 0) is 0 Å². The molecule has 3 nitrogen and oxygen atoms in total. The van der Waals surface area contributed by atoms with Crippen LogP contribution in [0, 0.1) is 11.3 Å². The molecule has 0 radical (unpaired) electrons. The molecular formula is C8H16N2OS. The lowest BCUT2D eigenvalue weighted by atomic mass is 10.0. The lowest BCUT2D eigenvalue weighted by molar-refractivity contribution is 0.296. The Bertz CT molecular complexity index is 154. The van der Waals surface area contributed by atoms with Crippen LogP contribution in [0.1, 0.15) is 19.8 Å². The fourth-order valence-corrected chi connectivity index (χ4v) is 1.71. The number of nitrogens with two attached hydrogens (primary N) is 1. The zero-order valence-corrected chi connectivity index (χ0v) is 8.23. The fraction of sp³-hybridized carbons (Fsp3) is 0.875. The van der Waals surface area contributed by atoms with Gasteiger partial charge in [0.1, 0.15) is 5.54 Å². The van der Waals surface area contributed by atoms with Crippen LogP contribution in [0.3, 0.4) is 0 Å². The third-order valence-corrected chi connectivity index (χ3v) is 2.54. The topological polar surface area (TPSA) is 70.0 Å². The van der Waals surface area contributed by atoms with Gasteiger partial charge in [0.15, 0.2) is 0 Å². The van der Waals surface area contributed by atoms with E-state index in [1.807, 2.05) is 6.07 Å². The molecule has 3 N–H and O–H groups in total. The summed E-state index contributed by atoms with van der Waals surface area (Å²) in [7, 11) is 0. The molecule has 1 atom stereocenters. The Morgan fingerprint density at radius 1 is 1.58 bits per heavy atom. The molecule has 0 fully saturated rings. The van der Waals surface area contributed by atoms with Crippen molar-refractivity contribution in [2.24, 2.45) is 5.73 Å². The number of aliphatic hydroxyl groups is 1. The van der Waals surface area contributed by atoms with E-state index in [1.54, 1.807) is 18.7 Å². The van der Waals surface area contributed by atoms with Gasteiger partial charge in [-0.15, -0.1) is 0 Å². The number of rotatable bonds is 6. The molecule has 0 aromatic heterocycles. The molecule has 0 amide bonds. The molecule has 0 aliphatic carbocycles. The number of hydrogen-bond donors (Lipinski definition) is 2. The van der Waals surface area contributed by atoms with E-state index in [1.165, 1.54) is 0 Å². The van der Waals surface area contributed by atoms with Crippen LogP contribution in [0.5, 0.6) is 0 Å². The SMILES string of the molecule is CC(N)(C#N)CCSCCCO. The van der Waals surface area contributed by atoms with E-state index in [4.69, 9.17) is 16.1 Å². The largest absolute Gasteiger partial charge is 0.396 e. The number of aliphatic hydroxyl groups excluding tert-OH is 1. The Morgan fingerprint density at radius 2 is 2.25 bits per heavy atom. The van der Waals surface area contributed by atoms with Crippen molar-refractivity contribution < 1.29 is 5.11 Å². The fourth-order valence-electron chi connectivity index (χ4n) is 0.609. The highest BCUT2D eigenvalue weighted by atomic mass is 32.2. The average molecular weight is 188 g/mol. The van der Waals surface area contributed by atoms with Crippen molar-refractivity contribution in [2.45, 2.75) is 25.3 Å². The predicted octanol–water partition coefficient (Wildman–Crippen LogP) is 0.733. The van der Waals surface area contributed by atoms with E-state index in [9.17, 15) is 0 Å². The first-order chi connectivity index (χ1) is 5.62. The molecule has 0 saturated heterocycles. The third-order valence-electron chi connectivity index (χ3n) is 1.47. The summed E-state index contributed by atoms with van der Waals surface area (Å²) in [6.45, 7) is 1.98. The molecule has 0 spiro atoms. The summed E-state index contributed by atoms with van der Waals surface area (Å²) in [5, 5.41) is 17.1. The number of nitriles is 1. The first-order valence-corrected chi connectivity index (χ1v) is 5.16. The summed E-state index contributed by atoms with van der Waals surface area (Å²) < 4.78 is 0. The summed E-state index contributed by atoms with van der Waals surface area (Å²) in [6.07, 6.45) is 1.53. The maximum Gasteiger partial charge on any atom is 0.102 e. The molecule has 0 aliphatic heterocycles. The summed E-state index contributed by atoms with van der Waals surface area (Å²) in [5.74, 6) is 1.83. The first kappa shape index (κ1) is 11.8. The Morgan fingerprint density at radius 3 is 2.75 bits per heavy atom. The minimum Gasteiger partial charge on any atom is -0.396 e. The van der Waals surface area contributed by atoms with Gasteiger partial charge < -0.3 is 10.8 Å². The molecular weight excluding hydrogens is 172 g/mol. The van der Waals surface area contributed by atoms with E-state index < -0.39 is 5.54 Å². The van der Waals surface area contributed by atoms with E-state index >= 15 is 0 Å². The van der Waals surface area contributed by atoms with Crippen molar-refractivity contribution in [3.63, 3.8) is 0 Å². The normalized spacial score (nSPS) is 15.2. The zero-order valence-electron chi connectivity index (χ0n) is 7.42. The molecule has 70 valence electrons. The molecule has 1 unspecified atom stereocenters. The van der Waals surface area contributed by atoms with Crippen LogP contribution < -0.4 is 5.73 Å². The van der Waals surface area contributed by atoms with Gasteiger partial charge in [-0.2, -0.15) is 17.0 Å². The minimum absolute atomic E-state index is 0.241. The molecule has 4 heteroatoms. The van der Waals surface area contributed by atoms with Crippen LogP contribution in [0.4, 0.5) is 0 Å². The number of thioether (sulfide) groups is 1. The second kappa shape index (κ2) is 6.30. The second-order valence-electron chi connectivity index (χ2n) is 2.97. The van der Waals surface area contributed by atoms with Crippen molar-refractivity contribution in [3.8, 4) is 6.07 Å². The molecule has 0 heterocycles. The second-order valence-corrected chi connectivity index (χ2v) is 4.19. The van der Waals surface area contributed by atoms with E-state index in [0.717, 1.165) is 17.9 Å². The first-order valence-electron chi connectivity index (χ1n) is 4.01. The lowest BCUT2D eigenvalue weighted by Crippen LogP contribution is -2.34. The van der Waals surface area contributed by atoms with Gasteiger partial charge in [-0.05, 0) is 31.3 Å². The Labute approximate surface area is 77.9 Å². The van der Waals surface area contributed by atoms with Crippen LogP contribution in [-0.4, -0.2) is 28.8 Å². The standard InChI is InChI=1S/C8H16N2OS/c1-8(10,7-9)3-6-12-5-2-4-11/h11H,2-6,10H2,1H3. The highest BCUT2D eigenvalue weighted by Crippen LogP contribution is 2.11. The van der Waals surface area contributed by atoms with Gasteiger partial charge in [0.2, 0.25) is 0 Å². The van der Waals surface area contributed by atoms with Crippen molar-refractivity contribution in [3.05, 3.63) is 0 Å². The molecule has 0 aliphatic rings. The smallest absolute Gasteiger partial charge is 0.102 e. The molecule has 12 heavy (non-hydrogen) atoms. The van der Waals surface area contributed by atoms with Gasteiger partial charge in [0, 0.05) is 6.61 Å². The van der Waals surface area contributed by atoms with Gasteiger partial charge in [-0.25, -0.2) is 0 Å². The molecule has 0 bridgehead atoms. The molecule has 0 aromatic carbocycles. The Kier molecular flexibility index (Phi) is 6.17. The molecule has 0 aromatic rings. The average Bonchev–Trinajstić information content (AvgIpc) is 2.04. The van der Waals surface area contributed by atoms with Gasteiger partial charge >= 0.3 is 0 Å². The highest BCUT2D eigenvalue weighted by Gasteiger charge is 2.15. The van der Waals surface area contributed by atoms with Gasteiger partial charge in [0.25, 0.3) is 0 Å². The van der Waals surface area contributed by atoms with E-state index in [-0.39, 0.29) is 6.61 Å². The Hall–Kier alpha value is -0.240. The van der Waals surface area contributed by atoms with E-state index in [2.05, 4.69) is 0 Å². The van der Waals surface area contributed by atoms with Gasteiger partial charge in [0.05, 0.1) is 6.07 Å². The monoisotopic (exact) mass is 188 g/mol. The summed E-state index contributed by atoms with van der Waals surface area (Å²) >= 11 is 1.73. The Balaban J connectivity index is 3.27. The lowest BCUT2D eigenvalue weighted by Gasteiger charge is -2.13. The molecule has 0 saturated carbocycles. The van der Waals surface area contributed by atoms with Crippen molar-refractivity contribution in [2.75, 3.05) is 18.1 Å². The van der Waals surface area contributed by atoms with Crippen LogP contribution in [0.25, 0.3) is 0 Å². The summed E-state index contributed by atoms with van der Waals surface area (Å²) in [6, 6.07) is 2.05. The van der Waals surface area contributed by atoms with Gasteiger partial charge in [-0.3, -0.25) is 0 Å². The molecule has 0 rings (SSSR count). The van der Waals surface area contributed by atoms with Crippen LogP contribution in [0.2, 0.25) is 0 Å².